The molecule has 31 heavy (non-hydrogen) atoms. The van der Waals surface area contributed by atoms with Gasteiger partial charge in [-0.2, -0.15) is 0 Å². The highest BCUT2D eigenvalue weighted by Crippen LogP contribution is 2.28. The first-order valence-corrected chi connectivity index (χ1v) is 11.2. The van der Waals surface area contributed by atoms with Crippen molar-refractivity contribution in [1.82, 2.24) is 10.2 Å². The lowest BCUT2D eigenvalue weighted by molar-refractivity contribution is 0.186. The van der Waals surface area contributed by atoms with Crippen LogP contribution in [0.1, 0.15) is 55.8 Å². The number of urea groups is 1. The van der Waals surface area contributed by atoms with Crippen LogP contribution in [0.25, 0.3) is 0 Å². The van der Waals surface area contributed by atoms with Crippen LogP contribution >= 0.6 is 0 Å². The third-order valence-corrected chi connectivity index (χ3v) is 5.60. The molecule has 1 N–H and O–H groups in total. The van der Waals surface area contributed by atoms with Crippen molar-refractivity contribution in [3.05, 3.63) is 108 Å². The number of carbonyl (C=O) groups is 1. The van der Waals surface area contributed by atoms with Gasteiger partial charge in [0, 0.05) is 19.0 Å². The molecular formula is C28H34N2O. The molecule has 0 saturated carbocycles. The maximum Gasteiger partial charge on any atom is 0.317 e. The SMILES string of the molecule is CC(C)CN(CCC(c1ccccc1)c1ccccc1)C(=O)NC(C)c1ccccc1. The molecule has 3 nitrogen and oxygen atoms in total. The van der Waals surface area contributed by atoms with Gasteiger partial charge in [-0.15, -0.1) is 0 Å². The largest absolute Gasteiger partial charge is 0.331 e. The molecule has 0 aliphatic rings. The predicted octanol–water partition coefficient (Wildman–Crippen LogP) is 6.64. The summed E-state index contributed by atoms with van der Waals surface area (Å²) in [5, 5.41) is 3.19. The number of hydrogen-bond acceptors (Lipinski definition) is 1. The summed E-state index contributed by atoms with van der Waals surface area (Å²) < 4.78 is 0. The molecule has 0 heterocycles. The van der Waals surface area contributed by atoms with Gasteiger partial charge in [-0.1, -0.05) is 105 Å². The van der Waals surface area contributed by atoms with Crippen LogP contribution in [-0.4, -0.2) is 24.0 Å². The van der Waals surface area contributed by atoms with Gasteiger partial charge in [0.2, 0.25) is 0 Å². The fourth-order valence-corrected chi connectivity index (χ4v) is 4.00. The summed E-state index contributed by atoms with van der Waals surface area (Å²) in [4.78, 5) is 15.1. The summed E-state index contributed by atoms with van der Waals surface area (Å²) in [5.41, 5.74) is 3.69. The van der Waals surface area contributed by atoms with Crippen molar-refractivity contribution in [1.29, 1.82) is 0 Å². The Morgan fingerprint density at radius 2 is 1.19 bits per heavy atom. The molecule has 0 bridgehead atoms. The number of amides is 2. The summed E-state index contributed by atoms with van der Waals surface area (Å²) in [6.45, 7) is 7.81. The Bertz CT molecular complexity index is 870. The second-order valence-corrected chi connectivity index (χ2v) is 8.58. The van der Waals surface area contributed by atoms with Crippen molar-refractivity contribution in [2.45, 2.75) is 39.2 Å². The number of nitrogens with one attached hydrogen (secondary N) is 1. The molecule has 3 aromatic rings. The Kier molecular flexibility index (Phi) is 8.28. The molecule has 0 saturated heterocycles. The third kappa shape index (κ3) is 6.71. The first-order chi connectivity index (χ1) is 15.0. The van der Waals surface area contributed by atoms with Gasteiger partial charge in [0.05, 0.1) is 6.04 Å². The maximum absolute atomic E-state index is 13.2. The Morgan fingerprint density at radius 1 is 0.742 bits per heavy atom. The van der Waals surface area contributed by atoms with Crippen LogP contribution in [0.2, 0.25) is 0 Å². The van der Waals surface area contributed by atoms with Crippen molar-refractivity contribution in [2.75, 3.05) is 13.1 Å². The molecule has 0 aliphatic carbocycles. The first kappa shape index (κ1) is 22.6. The van der Waals surface area contributed by atoms with E-state index in [9.17, 15) is 4.79 Å². The number of carbonyl (C=O) groups excluding carboxylic acids is 1. The molecule has 0 fully saturated rings. The zero-order valence-corrected chi connectivity index (χ0v) is 18.9. The van der Waals surface area contributed by atoms with Crippen LogP contribution in [-0.2, 0) is 0 Å². The van der Waals surface area contributed by atoms with E-state index in [1.165, 1.54) is 11.1 Å². The molecule has 0 aromatic heterocycles. The van der Waals surface area contributed by atoms with Gasteiger partial charge < -0.3 is 10.2 Å². The molecule has 3 heteroatoms. The van der Waals surface area contributed by atoms with Crippen molar-refractivity contribution in [2.24, 2.45) is 5.92 Å². The number of nitrogens with zero attached hydrogens (tertiary/aromatic N) is 1. The standard InChI is InChI=1S/C28H34N2O/c1-22(2)21-30(28(31)29-23(3)24-13-7-4-8-14-24)20-19-27(25-15-9-5-10-16-25)26-17-11-6-12-18-26/h4-18,22-23,27H,19-21H2,1-3H3,(H,29,31). The fourth-order valence-electron chi connectivity index (χ4n) is 4.00. The Hall–Kier alpha value is -3.07. The van der Waals surface area contributed by atoms with Gasteiger partial charge in [-0.05, 0) is 36.0 Å². The predicted molar refractivity (Wildman–Crippen MR) is 129 cm³/mol. The second kappa shape index (κ2) is 11.4. The molecule has 2 amide bonds. The number of rotatable bonds is 9. The quantitative estimate of drug-likeness (QED) is 0.418. The van der Waals surface area contributed by atoms with Crippen molar-refractivity contribution < 1.29 is 4.79 Å². The van der Waals surface area contributed by atoms with Gasteiger partial charge in [0.1, 0.15) is 0 Å². The number of hydrogen-bond donors (Lipinski definition) is 1. The van der Waals surface area contributed by atoms with Crippen molar-refractivity contribution in [3.8, 4) is 0 Å². The average Bonchev–Trinajstić information content (AvgIpc) is 2.80. The minimum Gasteiger partial charge on any atom is -0.331 e. The normalized spacial score (nSPS) is 12.0. The van der Waals surface area contributed by atoms with E-state index in [1.54, 1.807) is 0 Å². The molecule has 1 atom stereocenters. The van der Waals surface area contributed by atoms with E-state index in [0.29, 0.717) is 12.5 Å². The van der Waals surface area contributed by atoms with Crippen molar-refractivity contribution >= 4 is 6.03 Å². The summed E-state index contributed by atoms with van der Waals surface area (Å²) in [6, 6.07) is 31.3. The van der Waals surface area contributed by atoms with Crippen LogP contribution in [0.4, 0.5) is 4.79 Å². The lowest BCUT2D eigenvalue weighted by atomic mass is 9.88. The van der Waals surface area contributed by atoms with E-state index in [0.717, 1.165) is 18.5 Å². The third-order valence-electron chi connectivity index (χ3n) is 5.60. The van der Waals surface area contributed by atoms with Gasteiger partial charge in [-0.25, -0.2) is 4.79 Å². The van der Waals surface area contributed by atoms with E-state index < -0.39 is 0 Å². The number of benzene rings is 3. The maximum atomic E-state index is 13.2. The van der Waals surface area contributed by atoms with Crippen LogP contribution in [0.5, 0.6) is 0 Å². The molecule has 162 valence electrons. The lowest BCUT2D eigenvalue weighted by Crippen LogP contribution is -2.43. The summed E-state index contributed by atoms with van der Waals surface area (Å²) in [7, 11) is 0. The highest BCUT2D eigenvalue weighted by atomic mass is 16.2. The highest BCUT2D eigenvalue weighted by molar-refractivity contribution is 5.74. The summed E-state index contributed by atoms with van der Waals surface area (Å²) in [5.74, 6) is 0.668. The average molecular weight is 415 g/mol. The van der Waals surface area contributed by atoms with E-state index in [-0.39, 0.29) is 18.0 Å². The van der Waals surface area contributed by atoms with Gasteiger partial charge in [0.25, 0.3) is 0 Å². The fraction of sp³-hybridized carbons (Fsp3) is 0.321. The summed E-state index contributed by atoms with van der Waals surface area (Å²) >= 11 is 0. The molecule has 0 spiro atoms. The zero-order chi connectivity index (χ0) is 22.1. The zero-order valence-electron chi connectivity index (χ0n) is 18.9. The first-order valence-electron chi connectivity index (χ1n) is 11.2. The smallest absolute Gasteiger partial charge is 0.317 e. The topological polar surface area (TPSA) is 32.3 Å². The Labute approximate surface area is 187 Å². The summed E-state index contributed by atoms with van der Waals surface area (Å²) in [6.07, 6.45) is 0.883. The van der Waals surface area contributed by atoms with Crippen molar-refractivity contribution in [3.63, 3.8) is 0 Å². The van der Waals surface area contributed by atoms with Crippen LogP contribution in [0.15, 0.2) is 91.0 Å². The highest BCUT2D eigenvalue weighted by Gasteiger charge is 2.21. The minimum absolute atomic E-state index is 0.00456. The van der Waals surface area contributed by atoms with Crippen LogP contribution in [0.3, 0.4) is 0 Å². The minimum atomic E-state index is -0.0256. The molecule has 3 aromatic carbocycles. The van der Waals surface area contributed by atoms with Crippen LogP contribution < -0.4 is 5.32 Å². The van der Waals surface area contributed by atoms with Gasteiger partial charge in [-0.3, -0.25) is 0 Å². The van der Waals surface area contributed by atoms with Gasteiger partial charge in [0.15, 0.2) is 0 Å². The van der Waals surface area contributed by atoms with E-state index >= 15 is 0 Å². The molecule has 1 unspecified atom stereocenters. The van der Waals surface area contributed by atoms with E-state index in [2.05, 4.69) is 92.0 Å². The van der Waals surface area contributed by atoms with Gasteiger partial charge >= 0.3 is 6.03 Å². The molecule has 3 rings (SSSR count). The Balaban J connectivity index is 1.73. The lowest BCUT2D eigenvalue weighted by Gasteiger charge is -2.29. The monoisotopic (exact) mass is 414 g/mol. The van der Waals surface area contributed by atoms with E-state index in [1.807, 2.05) is 30.0 Å². The van der Waals surface area contributed by atoms with E-state index in [4.69, 9.17) is 0 Å². The second-order valence-electron chi connectivity index (χ2n) is 8.58. The van der Waals surface area contributed by atoms with Crippen LogP contribution in [0, 0.1) is 5.92 Å². The molecular weight excluding hydrogens is 380 g/mol. The molecule has 0 radical (unpaired) electrons. The molecule has 0 aliphatic heterocycles. The Morgan fingerprint density at radius 3 is 1.65 bits per heavy atom.